The lowest BCUT2D eigenvalue weighted by molar-refractivity contribution is 0.134. The van der Waals surface area contributed by atoms with Crippen LogP contribution in [-0.4, -0.2) is 45.8 Å². The van der Waals surface area contributed by atoms with E-state index in [1.807, 2.05) is 16.9 Å². The van der Waals surface area contributed by atoms with Crippen molar-refractivity contribution in [1.82, 2.24) is 25.3 Å². The average Bonchev–Trinajstić information content (AvgIpc) is 3.28. The second-order valence-electron chi connectivity index (χ2n) is 8.90. The van der Waals surface area contributed by atoms with Crippen molar-refractivity contribution in [2.45, 2.75) is 58.4 Å². The normalized spacial score (nSPS) is 18.8. The Hall–Kier alpha value is -2.39. The van der Waals surface area contributed by atoms with Gasteiger partial charge in [-0.2, -0.15) is 5.10 Å². The molecule has 0 aliphatic carbocycles. The van der Waals surface area contributed by atoms with Crippen molar-refractivity contribution in [1.29, 1.82) is 0 Å². The van der Waals surface area contributed by atoms with Gasteiger partial charge in [-0.05, 0) is 37.8 Å². The monoisotopic (exact) mass is 572 g/mol. The smallest absolute Gasteiger partial charge is 0.191 e. The van der Waals surface area contributed by atoms with E-state index in [-0.39, 0.29) is 24.0 Å². The van der Waals surface area contributed by atoms with Crippen LogP contribution in [0.15, 0.2) is 78.0 Å². The topological polar surface area (TPSA) is 57.5 Å². The highest BCUT2D eigenvalue weighted by atomic mass is 127. The van der Waals surface area contributed by atoms with Crippen LogP contribution in [-0.2, 0) is 19.6 Å². The van der Waals surface area contributed by atoms with Gasteiger partial charge in [-0.25, -0.2) is 4.99 Å². The number of likely N-dealkylation sites (tertiary alicyclic amines) is 1. The number of hydrogen-bond donors (Lipinski definition) is 2. The summed E-state index contributed by atoms with van der Waals surface area (Å²) in [5.74, 6) is 0.891. The van der Waals surface area contributed by atoms with Crippen LogP contribution in [0.4, 0.5) is 0 Å². The first-order valence-corrected chi connectivity index (χ1v) is 12.1. The van der Waals surface area contributed by atoms with Gasteiger partial charge in [-0.15, -0.1) is 24.0 Å². The first-order valence-electron chi connectivity index (χ1n) is 12.1. The van der Waals surface area contributed by atoms with E-state index in [9.17, 15) is 0 Å². The van der Waals surface area contributed by atoms with Gasteiger partial charge in [0, 0.05) is 43.5 Å². The lowest BCUT2D eigenvalue weighted by atomic mass is 9.97. The van der Waals surface area contributed by atoms with E-state index < -0.39 is 0 Å². The minimum absolute atomic E-state index is 0. The van der Waals surface area contributed by atoms with E-state index in [1.54, 1.807) is 0 Å². The molecule has 3 aromatic rings. The summed E-state index contributed by atoms with van der Waals surface area (Å²) in [4.78, 5) is 7.42. The molecular weight excluding hydrogens is 535 g/mol. The fraction of sp³-hybridized carbons (Fsp3) is 0.407. The molecule has 182 valence electrons. The molecule has 2 atom stereocenters. The zero-order valence-electron chi connectivity index (χ0n) is 20.2. The molecule has 0 spiro atoms. The second-order valence-corrected chi connectivity index (χ2v) is 8.90. The van der Waals surface area contributed by atoms with Crippen LogP contribution in [0, 0.1) is 0 Å². The molecule has 1 fully saturated rings. The Labute approximate surface area is 220 Å². The van der Waals surface area contributed by atoms with Gasteiger partial charge in [-0.3, -0.25) is 9.58 Å². The number of nitrogens with one attached hydrogen (secondary N) is 2. The molecule has 2 aromatic carbocycles. The molecule has 7 heteroatoms. The maximum atomic E-state index is 4.84. The Morgan fingerprint density at radius 3 is 2.32 bits per heavy atom. The molecule has 2 unspecified atom stereocenters. The first-order chi connectivity index (χ1) is 16.2. The Kier molecular flexibility index (Phi) is 10.4. The molecule has 1 aromatic heterocycles. The number of rotatable bonds is 8. The molecule has 34 heavy (non-hydrogen) atoms. The van der Waals surface area contributed by atoms with E-state index in [2.05, 4.69) is 95.3 Å². The van der Waals surface area contributed by atoms with Gasteiger partial charge in [0.2, 0.25) is 0 Å². The van der Waals surface area contributed by atoms with Crippen LogP contribution in [0.5, 0.6) is 0 Å². The largest absolute Gasteiger partial charge is 0.357 e. The first kappa shape index (κ1) is 26.2. The molecule has 6 nitrogen and oxygen atoms in total. The molecule has 0 saturated carbocycles. The Morgan fingerprint density at radius 2 is 1.68 bits per heavy atom. The summed E-state index contributed by atoms with van der Waals surface area (Å²) in [7, 11) is 0. The summed E-state index contributed by atoms with van der Waals surface area (Å²) in [5, 5.41) is 11.6. The van der Waals surface area contributed by atoms with Crippen molar-refractivity contribution in [3.8, 4) is 0 Å². The van der Waals surface area contributed by atoms with Gasteiger partial charge in [0.1, 0.15) is 0 Å². The lowest BCUT2D eigenvalue weighted by Gasteiger charge is -2.38. The van der Waals surface area contributed by atoms with Crippen molar-refractivity contribution in [3.63, 3.8) is 0 Å². The zero-order valence-corrected chi connectivity index (χ0v) is 22.6. The van der Waals surface area contributed by atoms with Crippen molar-refractivity contribution in [2.75, 3.05) is 13.1 Å². The number of piperidine rings is 1. The highest BCUT2D eigenvalue weighted by Gasteiger charge is 2.26. The molecular formula is C27H37IN6. The van der Waals surface area contributed by atoms with Crippen molar-refractivity contribution in [2.24, 2.45) is 4.99 Å². The van der Waals surface area contributed by atoms with E-state index >= 15 is 0 Å². The number of hydrogen-bond acceptors (Lipinski definition) is 3. The minimum Gasteiger partial charge on any atom is -0.357 e. The zero-order chi connectivity index (χ0) is 22.9. The number of aliphatic imine (C=N–C) groups is 1. The fourth-order valence-electron chi connectivity index (χ4n) is 4.43. The van der Waals surface area contributed by atoms with Gasteiger partial charge < -0.3 is 10.6 Å². The Morgan fingerprint density at radius 1 is 1.00 bits per heavy atom. The maximum absolute atomic E-state index is 4.84. The molecule has 2 heterocycles. The van der Waals surface area contributed by atoms with Crippen LogP contribution in [0.1, 0.15) is 43.4 Å². The number of guanidine groups is 1. The Bertz CT molecular complexity index is 1000. The van der Waals surface area contributed by atoms with Gasteiger partial charge in [-0.1, -0.05) is 60.7 Å². The van der Waals surface area contributed by atoms with Crippen LogP contribution in [0.3, 0.4) is 0 Å². The van der Waals surface area contributed by atoms with E-state index in [0.717, 1.165) is 50.5 Å². The van der Waals surface area contributed by atoms with Crippen LogP contribution >= 0.6 is 24.0 Å². The van der Waals surface area contributed by atoms with Crippen LogP contribution in [0.2, 0.25) is 0 Å². The third-order valence-electron chi connectivity index (χ3n) is 6.22. The molecule has 1 aliphatic rings. The van der Waals surface area contributed by atoms with Crippen molar-refractivity contribution < 1.29 is 0 Å². The molecule has 0 radical (unpaired) electrons. The standard InChI is InChI=1S/C27H36N6.HI/c1-3-28-27(29-17-25-18-30-33(21-25)20-24-12-8-5-9-13-24)31-26-14-15-32(22(2)16-26)19-23-10-6-4-7-11-23;/h4-13,18,21-22,26H,3,14-17,19-20H2,1-2H3,(H2,28,29,31);1H. The lowest BCUT2D eigenvalue weighted by Crippen LogP contribution is -2.51. The molecule has 2 N–H and O–H groups in total. The Balaban J connectivity index is 0.00000324. The predicted octanol–water partition coefficient (Wildman–Crippen LogP) is 4.66. The van der Waals surface area contributed by atoms with Gasteiger partial charge >= 0.3 is 0 Å². The van der Waals surface area contributed by atoms with Gasteiger partial charge in [0.15, 0.2) is 5.96 Å². The number of benzene rings is 2. The highest BCUT2D eigenvalue weighted by Crippen LogP contribution is 2.20. The summed E-state index contributed by atoms with van der Waals surface area (Å²) in [5.41, 5.74) is 3.76. The van der Waals surface area contributed by atoms with E-state index in [0.29, 0.717) is 18.6 Å². The molecule has 1 aliphatic heterocycles. The second kappa shape index (κ2) is 13.5. The highest BCUT2D eigenvalue weighted by molar-refractivity contribution is 14.0. The van der Waals surface area contributed by atoms with Crippen LogP contribution < -0.4 is 10.6 Å². The third-order valence-corrected chi connectivity index (χ3v) is 6.22. The van der Waals surface area contributed by atoms with E-state index in [4.69, 9.17) is 4.99 Å². The molecule has 0 amide bonds. The quantitative estimate of drug-likeness (QED) is 0.234. The number of nitrogens with zero attached hydrogens (tertiary/aromatic N) is 4. The van der Waals surface area contributed by atoms with E-state index in [1.165, 1.54) is 11.1 Å². The van der Waals surface area contributed by atoms with Crippen molar-refractivity contribution >= 4 is 29.9 Å². The molecule has 4 rings (SSSR count). The minimum atomic E-state index is 0. The van der Waals surface area contributed by atoms with Crippen molar-refractivity contribution in [3.05, 3.63) is 89.7 Å². The maximum Gasteiger partial charge on any atom is 0.191 e. The predicted molar refractivity (Wildman–Crippen MR) is 150 cm³/mol. The van der Waals surface area contributed by atoms with Crippen LogP contribution in [0.25, 0.3) is 0 Å². The average molecular weight is 573 g/mol. The third kappa shape index (κ3) is 7.84. The summed E-state index contributed by atoms with van der Waals surface area (Å²) in [6.07, 6.45) is 6.24. The van der Waals surface area contributed by atoms with Gasteiger partial charge in [0.25, 0.3) is 0 Å². The summed E-state index contributed by atoms with van der Waals surface area (Å²) < 4.78 is 1.98. The number of halogens is 1. The van der Waals surface area contributed by atoms with Gasteiger partial charge in [0.05, 0.1) is 19.3 Å². The summed E-state index contributed by atoms with van der Waals surface area (Å²) >= 11 is 0. The molecule has 0 bridgehead atoms. The SMILES string of the molecule is CCNC(=NCc1cnn(Cc2ccccc2)c1)NC1CCN(Cc2ccccc2)C(C)C1.I. The summed E-state index contributed by atoms with van der Waals surface area (Å²) in [6, 6.07) is 22.1. The molecule has 1 saturated heterocycles. The fourth-order valence-corrected chi connectivity index (χ4v) is 4.43. The summed E-state index contributed by atoms with van der Waals surface area (Å²) in [6.45, 7) is 8.81. The number of aromatic nitrogens is 2.